The van der Waals surface area contributed by atoms with E-state index in [2.05, 4.69) is 54.4 Å². The van der Waals surface area contributed by atoms with Crippen molar-refractivity contribution in [2.75, 3.05) is 23.8 Å². The Hall–Kier alpha value is -2.36. The number of rotatable bonds is 10. The van der Waals surface area contributed by atoms with E-state index in [0.717, 1.165) is 43.7 Å². The molecule has 0 amide bonds. The van der Waals surface area contributed by atoms with Gasteiger partial charge >= 0.3 is 0 Å². The molecule has 2 aromatic carbocycles. The van der Waals surface area contributed by atoms with Crippen LogP contribution in [-0.4, -0.2) is 18.1 Å². The van der Waals surface area contributed by atoms with Gasteiger partial charge < -0.3 is 20.4 Å². The van der Waals surface area contributed by atoms with Crippen LogP contribution < -0.4 is 20.8 Å². The zero-order valence-corrected chi connectivity index (χ0v) is 22.5. The molecule has 9 heteroatoms. The number of benzene rings is 2. The van der Waals surface area contributed by atoms with E-state index in [0.29, 0.717) is 35.6 Å². The number of hydrogen-bond donors (Lipinski definition) is 3. The van der Waals surface area contributed by atoms with E-state index in [1.54, 1.807) is 24.4 Å². The number of halogens is 3. The SMILES string of the molecule is CCCNc1sc2c(=O)cc[nH]c2c1NCc1cc(Br)cc(Br)c1OCCc1ccccc1F. The quantitative estimate of drug-likeness (QED) is 0.177. The number of pyridine rings is 1. The van der Waals surface area contributed by atoms with Crippen molar-refractivity contribution in [3.05, 3.63) is 84.8 Å². The van der Waals surface area contributed by atoms with Gasteiger partial charge in [0.05, 0.1) is 22.3 Å². The van der Waals surface area contributed by atoms with Gasteiger partial charge in [-0.1, -0.05) is 41.1 Å². The number of hydrogen-bond acceptors (Lipinski definition) is 5. The molecule has 0 aliphatic carbocycles. The van der Waals surface area contributed by atoms with Crippen molar-refractivity contribution in [3.8, 4) is 5.75 Å². The number of H-pyrrole nitrogens is 1. The molecule has 5 nitrogen and oxygen atoms in total. The molecule has 0 fully saturated rings. The maximum absolute atomic E-state index is 14.0. The second-order valence-electron chi connectivity index (χ2n) is 7.70. The highest BCUT2D eigenvalue weighted by atomic mass is 79.9. The van der Waals surface area contributed by atoms with Gasteiger partial charge in [-0.05, 0) is 46.1 Å². The van der Waals surface area contributed by atoms with E-state index >= 15 is 0 Å². The molecule has 0 unspecified atom stereocenters. The van der Waals surface area contributed by atoms with E-state index in [1.165, 1.54) is 17.4 Å². The Labute approximate surface area is 218 Å². The zero-order valence-electron chi connectivity index (χ0n) is 18.5. The summed E-state index contributed by atoms with van der Waals surface area (Å²) in [6, 6.07) is 12.2. The van der Waals surface area contributed by atoms with Crippen LogP contribution in [0.2, 0.25) is 0 Å². The molecular formula is C25H24Br2FN3O2S. The highest BCUT2D eigenvalue weighted by molar-refractivity contribution is 9.11. The first-order valence-electron chi connectivity index (χ1n) is 10.9. The highest BCUT2D eigenvalue weighted by Crippen LogP contribution is 2.39. The van der Waals surface area contributed by atoms with Crippen molar-refractivity contribution < 1.29 is 9.13 Å². The van der Waals surface area contributed by atoms with Crippen molar-refractivity contribution in [2.24, 2.45) is 0 Å². The maximum Gasteiger partial charge on any atom is 0.199 e. The Bertz CT molecular complexity index is 1360. The van der Waals surface area contributed by atoms with E-state index in [9.17, 15) is 9.18 Å². The Morgan fingerprint density at radius 3 is 2.74 bits per heavy atom. The standard InChI is InChI=1S/C25H24Br2FN3O2S/c1-2-9-30-25-22(21-24(34-25)20(32)7-10-29-21)31-14-16-12-17(26)13-18(27)23(16)33-11-8-15-5-3-4-6-19(15)28/h3-7,10,12-13,30-31H,2,8-9,11,14H2,1H3,(H,29,32). The summed E-state index contributed by atoms with van der Waals surface area (Å²) in [6.45, 7) is 3.72. The molecule has 0 spiro atoms. The van der Waals surface area contributed by atoms with Crippen molar-refractivity contribution in [1.82, 2.24) is 4.98 Å². The topological polar surface area (TPSA) is 66.2 Å². The van der Waals surface area contributed by atoms with Gasteiger partial charge in [-0.15, -0.1) is 11.3 Å². The van der Waals surface area contributed by atoms with E-state index in [-0.39, 0.29) is 11.2 Å². The van der Waals surface area contributed by atoms with Crippen LogP contribution in [0.5, 0.6) is 5.75 Å². The third-order valence-corrected chi connectivity index (χ3v) is 7.46. The Morgan fingerprint density at radius 1 is 1.12 bits per heavy atom. The fourth-order valence-corrected chi connectivity index (χ4v) is 6.12. The second kappa shape index (κ2) is 11.4. The minimum Gasteiger partial charge on any atom is -0.492 e. The van der Waals surface area contributed by atoms with Gasteiger partial charge in [-0.3, -0.25) is 4.79 Å². The monoisotopic (exact) mass is 607 g/mol. The Morgan fingerprint density at radius 2 is 1.94 bits per heavy atom. The zero-order chi connectivity index (χ0) is 24.1. The number of thiophene rings is 1. The van der Waals surface area contributed by atoms with Crippen molar-refractivity contribution >= 4 is 64.1 Å². The highest BCUT2D eigenvalue weighted by Gasteiger charge is 2.17. The summed E-state index contributed by atoms with van der Waals surface area (Å²) in [6.07, 6.45) is 3.10. The molecule has 0 radical (unpaired) electrons. The lowest BCUT2D eigenvalue weighted by atomic mass is 10.1. The molecule has 34 heavy (non-hydrogen) atoms. The molecule has 0 saturated heterocycles. The van der Waals surface area contributed by atoms with Crippen molar-refractivity contribution in [2.45, 2.75) is 26.3 Å². The molecule has 0 saturated carbocycles. The molecule has 4 rings (SSSR count). The molecule has 3 N–H and O–H groups in total. The second-order valence-corrected chi connectivity index (χ2v) is 10.5. The molecule has 2 heterocycles. The summed E-state index contributed by atoms with van der Waals surface area (Å²) in [7, 11) is 0. The average Bonchev–Trinajstić information content (AvgIpc) is 3.17. The van der Waals surface area contributed by atoms with Crippen LogP contribution in [0.3, 0.4) is 0 Å². The van der Waals surface area contributed by atoms with Crippen LogP contribution in [0.15, 0.2) is 62.4 Å². The summed E-state index contributed by atoms with van der Waals surface area (Å²) < 4.78 is 22.5. The van der Waals surface area contributed by atoms with Gasteiger partial charge in [0.2, 0.25) is 0 Å². The molecular weight excluding hydrogens is 585 g/mol. The van der Waals surface area contributed by atoms with Crippen molar-refractivity contribution in [1.29, 1.82) is 0 Å². The van der Waals surface area contributed by atoms with Crippen LogP contribution in [0.1, 0.15) is 24.5 Å². The summed E-state index contributed by atoms with van der Waals surface area (Å²) in [5, 5.41) is 7.84. The fraction of sp³-hybridized carbons (Fsp3) is 0.240. The summed E-state index contributed by atoms with van der Waals surface area (Å²) >= 11 is 8.60. The van der Waals surface area contributed by atoms with Crippen LogP contribution in [-0.2, 0) is 13.0 Å². The summed E-state index contributed by atoms with van der Waals surface area (Å²) in [5.74, 6) is 0.469. The van der Waals surface area contributed by atoms with Crippen LogP contribution in [0.4, 0.5) is 15.1 Å². The predicted octanol–water partition coefficient (Wildman–Crippen LogP) is 7.31. The average molecular weight is 609 g/mol. The Kier molecular flexibility index (Phi) is 8.28. The van der Waals surface area contributed by atoms with Crippen LogP contribution >= 0.6 is 43.2 Å². The molecule has 4 aromatic rings. The normalized spacial score (nSPS) is 11.1. The number of aromatic nitrogens is 1. The third-order valence-electron chi connectivity index (χ3n) is 5.25. The third kappa shape index (κ3) is 5.64. The van der Waals surface area contributed by atoms with Crippen LogP contribution in [0, 0.1) is 5.82 Å². The minimum absolute atomic E-state index is 0.00582. The molecule has 0 bridgehead atoms. The number of ether oxygens (including phenoxy) is 1. The lowest BCUT2D eigenvalue weighted by molar-refractivity contribution is 0.315. The smallest absolute Gasteiger partial charge is 0.199 e. The van der Waals surface area contributed by atoms with Gasteiger partial charge in [0.1, 0.15) is 21.3 Å². The lowest BCUT2D eigenvalue weighted by Gasteiger charge is -2.16. The molecule has 0 aliphatic rings. The number of anilines is 2. The first-order valence-corrected chi connectivity index (χ1v) is 13.3. The molecule has 2 aromatic heterocycles. The molecule has 0 atom stereocenters. The van der Waals surface area contributed by atoms with Crippen LogP contribution in [0.25, 0.3) is 10.2 Å². The van der Waals surface area contributed by atoms with E-state index in [4.69, 9.17) is 4.74 Å². The molecule has 0 aliphatic heterocycles. The minimum atomic E-state index is -0.228. The molecule has 178 valence electrons. The Balaban J connectivity index is 1.57. The fourth-order valence-electron chi connectivity index (χ4n) is 3.60. The van der Waals surface area contributed by atoms with Gasteiger partial charge in [0.15, 0.2) is 5.43 Å². The largest absolute Gasteiger partial charge is 0.492 e. The number of aromatic amines is 1. The van der Waals surface area contributed by atoms with E-state index < -0.39 is 0 Å². The number of fused-ring (bicyclic) bond motifs is 1. The van der Waals surface area contributed by atoms with Gasteiger partial charge in [-0.2, -0.15) is 0 Å². The van der Waals surface area contributed by atoms with Crippen molar-refractivity contribution in [3.63, 3.8) is 0 Å². The first kappa shape index (κ1) is 24.8. The first-order chi connectivity index (χ1) is 16.5. The summed E-state index contributed by atoms with van der Waals surface area (Å²) in [4.78, 5) is 15.6. The van der Waals surface area contributed by atoms with Gasteiger partial charge in [0, 0.05) is 41.8 Å². The number of nitrogens with one attached hydrogen (secondary N) is 3. The van der Waals surface area contributed by atoms with Gasteiger partial charge in [0.25, 0.3) is 0 Å². The summed E-state index contributed by atoms with van der Waals surface area (Å²) in [5.41, 5.74) is 3.19. The predicted molar refractivity (Wildman–Crippen MR) is 146 cm³/mol. The van der Waals surface area contributed by atoms with Gasteiger partial charge in [-0.25, -0.2) is 4.39 Å². The van der Waals surface area contributed by atoms with E-state index in [1.807, 2.05) is 18.2 Å². The lowest BCUT2D eigenvalue weighted by Crippen LogP contribution is -2.09. The maximum atomic E-state index is 14.0.